The quantitative estimate of drug-likeness (QED) is 0.436. The van der Waals surface area contributed by atoms with Crippen LogP contribution in [0.4, 0.5) is 0 Å². The molecule has 1 aromatic heterocycles. The van der Waals surface area contributed by atoms with Crippen molar-refractivity contribution in [1.29, 1.82) is 0 Å². The molecule has 0 spiro atoms. The van der Waals surface area contributed by atoms with Crippen LogP contribution in [0.15, 0.2) is 5.16 Å². The Bertz CT molecular complexity index is 453. The van der Waals surface area contributed by atoms with Crippen molar-refractivity contribution in [3.05, 3.63) is 5.82 Å². The molecule has 0 radical (unpaired) electrons. The minimum Gasteiger partial charge on any atom is -0.355 e. The lowest BCUT2D eigenvalue weighted by Gasteiger charge is -2.16. The van der Waals surface area contributed by atoms with Gasteiger partial charge >= 0.3 is 0 Å². The highest BCUT2D eigenvalue weighted by molar-refractivity contribution is 7.99. The second-order valence-electron chi connectivity index (χ2n) is 6.13. The maximum Gasteiger partial charge on any atom is 0.230 e. The molecule has 0 fully saturated rings. The lowest BCUT2D eigenvalue weighted by Crippen LogP contribution is -2.27. The molecule has 0 bridgehead atoms. The molecule has 7 heteroatoms. The van der Waals surface area contributed by atoms with Crippen LogP contribution < -0.4 is 11.2 Å². The Balaban J connectivity index is 2.35. The largest absolute Gasteiger partial charge is 0.355 e. The van der Waals surface area contributed by atoms with Crippen molar-refractivity contribution >= 4 is 17.7 Å². The number of nitrogens with two attached hydrogens (primary N) is 1. The van der Waals surface area contributed by atoms with Gasteiger partial charge in [-0.05, 0) is 6.42 Å². The number of nitrogens with one attached hydrogen (secondary N) is 1. The molecule has 0 aliphatic rings. The number of aromatic nitrogens is 3. The van der Waals surface area contributed by atoms with Crippen molar-refractivity contribution < 1.29 is 4.79 Å². The fourth-order valence-corrected chi connectivity index (χ4v) is 2.53. The highest BCUT2D eigenvalue weighted by Gasteiger charge is 2.23. The molecule has 120 valence electrons. The molecule has 0 unspecified atom stereocenters. The van der Waals surface area contributed by atoms with Gasteiger partial charge in [0.15, 0.2) is 5.82 Å². The average Bonchev–Trinajstić information content (AvgIpc) is 2.77. The lowest BCUT2D eigenvalue weighted by molar-refractivity contribution is -0.118. The summed E-state index contributed by atoms with van der Waals surface area (Å²) in [6.07, 6.45) is 4.62. The van der Waals surface area contributed by atoms with E-state index in [0.717, 1.165) is 19.4 Å². The van der Waals surface area contributed by atoms with E-state index in [2.05, 4.69) is 22.4 Å². The minimum absolute atomic E-state index is 0.0109. The van der Waals surface area contributed by atoms with Crippen molar-refractivity contribution in [3.63, 3.8) is 0 Å². The monoisotopic (exact) mass is 313 g/mol. The molecular formula is C14H27N5OS. The molecule has 0 aliphatic carbocycles. The highest BCUT2D eigenvalue weighted by Crippen LogP contribution is 2.22. The Morgan fingerprint density at radius 3 is 2.57 bits per heavy atom. The first-order chi connectivity index (χ1) is 9.86. The normalized spacial score (nSPS) is 11.6. The SMILES string of the molecule is CCCCCCNC(=O)CSc1nnc(C(C)(C)C)n1N. The first-order valence-electron chi connectivity index (χ1n) is 7.46. The van der Waals surface area contributed by atoms with Crippen LogP contribution in [-0.2, 0) is 10.2 Å². The second-order valence-corrected chi connectivity index (χ2v) is 7.07. The van der Waals surface area contributed by atoms with E-state index in [9.17, 15) is 4.79 Å². The van der Waals surface area contributed by atoms with Gasteiger partial charge in [0.1, 0.15) is 0 Å². The van der Waals surface area contributed by atoms with E-state index in [1.165, 1.54) is 29.3 Å². The van der Waals surface area contributed by atoms with Crippen LogP contribution in [0.3, 0.4) is 0 Å². The summed E-state index contributed by atoms with van der Waals surface area (Å²) >= 11 is 1.31. The predicted molar refractivity (Wildman–Crippen MR) is 86.7 cm³/mol. The van der Waals surface area contributed by atoms with Gasteiger partial charge in [-0.1, -0.05) is 58.7 Å². The van der Waals surface area contributed by atoms with Gasteiger partial charge in [-0.3, -0.25) is 4.79 Å². The van der Waals surface area contributed by atoms with Gasteiger partial charge in [-0.2, -0.15) is 0 Å². The van der Waals surface area contributed by atoms with Crippen LogP contribution in [0.25, 0.3) is 0 Å². The molecule has 0 aliphatic heterocycles. The summed E-state index contributed by atoms with van der Waals surface area (Å²) < 4.78 is 1.47. The summed E-state index contributed by atoms with van der Waals surface area (Å²) in [5.41, 5.74) is -0.165. The number of thioether (sulfide) groups is 1. The van der Waals surface area contributed by atoms with Crippen LogP contribution in [0, 0.1) is 0 Å². The Morgan fingerprint density at radius 2 is 2.00 bits per heavy atom. The molecule has 0 saturated heterocycles. The van der Waals surface area contributed by atoms with E-state index in [0.29, 0.717) is 16.7 Å². The first kappa shape index (κ1) is 17.8. The highest BCUT2D eigenvalue weighted by atomic mass is 32.2. The van der Waals surface area contributed by atoms with E-state index in [1.807, 2.05) is 20.8 Å². The number of nitrogens with zero attached hydrogens (tertiary/aromatic N) is 3. The fraction of sp³-hybridized carbons (Fsp3) is 0.786. The number of carbonyl (C=O) groups excluding carboxylic acids is 1. The van der Waals surface area contributed by atoms with Crippen LogP contribution in [0.5, 0.6) is 0 Å². The van der Waals surface area contributed by atoms with Gasteiger partial charge in [0.05, 0.1) is 5.75 Å². The van der Waals surface area contributed by atoms with Crippen molar-refractivity contribution in [3.8, 4) is 0 Å². The fourth-order valence-electron chi connectivity index (χ4n) is 1.85. The summed E-state index contributed by atoms with van der Waals surface area (Å²) in [5, 5.41) is 11.6. The van der Waals surface area contributed by atoms with E-state index in [-0.39, 0.29) is 11.3 Å². The van der Waals surface area contributed by atoms with Crippen LogP contribution >= 0.6 is 11.8 Å². The summed E-state index contributed by atoms with van der Waals surface area (Å²) in [5.74, 6) is 7.01. The molecule has 0 atom stereocenters. The summed E-state index contributed by atoms with van der Waals surface area (Å²) in [7, 11) is 0. The zero-order valence-electron chi connectivity index (χ0n) is 13.5. The van der Waals surface area contributed by atoms with Crippen LogP contribution in [0.2, 0.25) is 0 Å². The molecule has 0 aromatic carbocycles. The lowest BCUT2D eigenvalue weighted by atomic mass is 9.96. The number of rotatable bonds is 8. The summed E-state index contributed by atoms with van der Waals surface area (Å²) in [6.45, 7) is 8.99. The molecule has 0 saturated carbocycles. The summed E-state index contributed by atoms with van der Waals surface area (Å²) in [6, 6.07) is 0. The Labute approximate surface area is 131 Å². The number of amides is 1. The van der Waals surface area contributed by atoms with Gasteiger partial charge in [0, 0.05) is 12.0 Å². The Hall–Kier alpha value is -1.24. The van der Waals surface area contributed by atoms with Crippen LogP contribution in [-0.4, -0.2) is 33.1 Å². The van der Waals surface area contributed by atoms with Crippen molar-refractivity contribution in [2.24, 2.45) is 0 Å². The second kappa shape index (κ2) is 8.26. The van der Waals surface area contributed by atoms with Gasteiger partial charge in [0.2, 0.25) is 11.1 Å². The van der Waals surface area contributed by atoms with Crippen molar-refractivity contribution in [2.45, 2.75) is 63.9 Å². The predicted octanol–water partition coefficient (Wildman–Crippen LogP) is 2.08. The zero-order chi connectivity index (χ0) is 15.9. The van der Waals surface area contributed by atoms with Gasteiger partial charge in [-0.25, -0.2) is 4.68 Å². The minimum atomic E-state index is -0.165. The average molecular weight is 313 g/mol. The third kappa shape index (κ3) is 5.95. The summed E-state index contributed by atoms with van der Waals surface area (Å²) in [4.78, 5) is 11.7. The number of hydrogen-bond acceptors (Lipinski definition) is 5. The molecule has 1 heterocycles. The van der Waals surface area contributed by atoms with Crippen LogP contribution in [0.1, 0.15) is 59.2 Å². The third-order valence-corrected chi connectivity index (χ3v) is 3.96. The number of nitrogen functional groups attached to an aromatic ring is 1. The third-order valence-electron chi connectivity index (χ3n) is 3.02. The molecule has 21 heavy (non-hydrogen) atoms. The van der Waals surface area contributed by atoms with E-state index in [4.69, 9.17) is 5.84 Å². The molecular weight excluding hydrogens is 286 g/mol. The molecule has 1 rings (SSSR count). The number of carbonyl (C=O) groups is 1. The smallest absolute Gasteiger partial charge is 0.230 e. The number of unbranched alkanes of at least 4 members (excludes halogenated alkanes) is 3. The van der Waals surface area contributed by atoms with Gasteiger partial charge < -0.3 is 11.2 Å². The Morgan fingerprint density at radius 1 is 1.29 bits per heavy atom. The van der Waals surface area contributed by atoms with Crippen molar-refractivity contribution in [2.75, 3.05) is 18.1 Å². The van der Waals surface area contributed by atoms with E-state index < -0.39 is 0 Å². The molecule has 3 N–H and O–H groups in total. The zero-order valence-corrected chi connectivity index (χ0v) is 14.3. The topological polar surface area (TPSA) is 85.8 Å². The van der Waals surface area contributed by atoms with E-state index >= 15 is 0 Å². The maximum atomic E-state index is 11.7. The van der Waals surface area contributed by atoms with Gasteiger partial charge in [0.25, 0.3) is 0 Å². The first-order valence-corrected chi connectivity index (χ1v) is 8.45. The standard InChI is InChI=1S/C14H27N5OS/c1-5-6-7-8-9-16-11(20)10-21-13-18-17-12(19(13)15)14(2,3)4/h5-10,15H2,1-4H3,(H,16,20). The number of hydrogen-bond donors (Lipinski definition) is 2. The van der Waals surface area contributed by atoms with Crippen molar-refractivity contribution in [1.82, 2.24) is 20.2 Å². The molecule has 1 aromatic rings. The van der Waals surface area contributed by atoms with E-state index in [1.54, 1.807) is 0 Å². The van der Waals surface area contributed by atoms with Gasteiger partial charge in [-0.15, -0.1) is 10.2 Å². The molecule has 1 amide bonds. The Kier molecular flexibility index (Phi) is 7.01. The molecule has 6 nitrogen and oxygen atoms in total. The maximum absolute atomic E-state index is 11.7.